The summed E-state index contributed by atoms with van der Waals surface area (Å²) in [6.45, 7) is 0.767. The third kappa shape index (κ3) is 2.72. The van der Waals surface area contributed by atoms with Crippen LogP contribution >= 0.6 is 0 Å². The smallest absolute Gasteiger partial charge is 0.331 e. The topological polar surface area (TPSA) is 82.6 Å². The Balaban J connectivity index is 1.49. The second kappa shape index (κ2) is 7.29. The fourth-order valence-corrected chi connectivity index (χ4v) is 6.44. The van der Waals surface area contributed by atoms with E-state index in [1.165, 1.54) is 4.90 Å². The first-order chi connectivity index (χ1) is 15.6. The number of nitrogens with zero attached hydrogens (tertiary/aromatic N) is 3. The lowest BCUT2D eigenvalue weighted by Crippen LogP contribution is -2.73. The number of urea groups is 1. The molecule has 2 atom stereocenters. The van der Waals surface area contributed by atoms with E-state index in [-0.39, 0.29) is 18.0 Å². The van der Waals surface area contributed by atoms with Crippen molar-refractivity contribution in [2.24, 2.45) is 5.41 Å². The van der Waals surface area contributed by atoms with Crippen LogP contribution in [0.5, 0.6) is 0 Å². The lowest BCUT2D eigenvalue weighted by molar-refractivity contribution is -0.156. The van der Waals surface area contributed by atoms with Crippen LogP contribution in [0.1, 0.15) is 56.9 Å². The van der Waals surface area contributed by atoms with Gasteiger partial charge >= 0.3 is 6.03 Å². The van der Waals surface area contributed by atoms with E-state index in [1.54, 1.807) is 0 Å². The summed E-state index contributed by atoms with van der Waals surface area (Å²) < 4.78 is 0. The molecule has 1 aromatic heterocycles. The minimum Gasteiger partial charge on any atom is -0.352 e. The molecule has 32 heavy (non-hydrogen) atoms. The molecule has 166 valence electrons. The van der Waals surface area contributed by atoms with E-state index in [1.807, 2.05) is 24.3 Å². The molecule has 4 amide bonds. The summed E-state index contributed by atoms with van der Waals surface area (Å²) in [5.74, 6) is 0.157. The van der Waals surface area contributed by atoms with Gasteiger partial charge in [0.1, 0.15) is 5.82 Å². The minimum absolute atomic E-state index is 0.116. The van der Waals surface area contributed by atoms with Gasteiger partial charge in [-0.25, -0.2) is 9.78 Å². The summed E-state index contributed by atoms with van der Waals surface area (Å²) in [5.41, 5.74) is 0.566. The van der Waals surface area contributed by atoms with E-state index in [0.717, 1.165) is 80.2 Å². The van der Waals surface area contributed by atoms with Crippen molar-refractivity contribution in [1.29, 1.82) is 0 Å². The number of hydrogen-bond acceptors (Lipinski definition) is 5. The van der Waals surface area contributed by atoms with Crippen LogP contribution in [0.2, 0.25) is 0 Å². The molecule has 0 unspecified atom stereocenters. The van der Waals surface area contributed by atoms with Crippen molar-refractivity contribution in [2.45, 2.75) is 69.9 Å². The Kier molecular flexibility index (Phi) is 4.49. The van der Waals surface area contributed by atoms with Crippen LogP contribution in [0.25, 0.3) is 10.9 Å². The van der Waals surface area contributed by atoms with E-state index in [0.29, 0.717) is 6.42 Å². The summed E-state index contributed by atoms with van der Waals surface area (Å²) in [4.78, 5) is 49.1. The number of hydrogen-bond donors (Lipinski definition) is 1. The maximum atomic E-state index is 14.1. The lowest BCUT2D eigenvalue weighted by Gasteiger charge is -2.54. The highest BCUT2D eigenvalue weighted by Crippen LogP contribution is 2.48. The zero-order valence-electron chi connectivity index (χ0n) is 18.2. The van der Waals surface area contributed by atoms with Gasteiger partial charge in [-0.3, -0.25) is 19.8 Å². The van der Waals surface area contributed by atoms with Crippen molar-refractivity contribution < 1.29 is 14.4 Å². The van der Waals surface area contributed by atoms with Gasteiger partial charge in [0, 0.05) is 24.4 Å². The molecule has 1 N–H and O–H groups in total. The molecule has 1 aliphatic carbocycles. The number of pyridine rings is 1. The first kappa shape index (κ1) is 19.7. The van der Waals surface area contributed by atoms with Gasteiger partial charge in [0.25, 0.3) is 0 Å². The van der Waals surface area contributed by atoms with Crippen LogP contribution in [-0.4, -0.2) is 46.4 Å². The number of carbonyl (C=O) groups excluding carboxylic acids is 3. The summed E-state index contributed by atoms with van der Waals surface area (Å²) in [6.07, 6.45) is 7.80. The van der Waals surface area contributed by atoms with Gasteiger partial charge < -0.3 is 4.90 Å². The third-order valence-corrected chi connectivity index (χ3v) is 7.98. The molecule has 4 aliphatic rings. The maximum Gasteiger partial charge on any atom is 0.331 e. The fourth-order valence-electron chi connectivity index (χ4n) is 6.44. The molecule has 2 saturated heterocycles. The number of amides is 4. The van der Waals surface area contributed by atoms with Crippen LogP contribution < -0.4 is 10.2 Å². The molecule has 2 aromatic rings. The van der Waals surface area contributed by atoms with Crippen LogP contribution in [0.3, 0.4) is 0 Å². The van der Waals surface area contributed by atoms with E-state index in [9.17, 15) is 14.4 Å². The summed E-state index contributed by atoms with van der Waals surface area (Å²) in [6, 6.07) is 9.11. The number of benzene rings is 1. The van der Waals surface area contributed by atoms with Crippen molar-refractivity contribution in [1.82, 2.24) is 15.2 Å². The minimum atomic E-state index is -1.27. The van der Waals surface area contributed by atoms with Crippen molar-refractivity contribution >= 4 is 34.6 Å². The average Bonchev–Trinajstić information content (AvgIpc) is 2.82. The molecule has 0 bridgehead atoms. The van der Waals surface area contributed by atoms with Gasteiger partial charge in [-0.05, 0) is 49.8 Å². The molecule has 7 nitrogen and oxygen atoms in total. The third-order valence-electron chi connectivity index (χ3n) is 7.98. The number of nitrogens with one attached hydrogen (secondary N) is 1. The van der Waals surface area contributed by atoms with Crippen molar-refractivity contribution in [3.8, 4) is 0 Å². The van der Waals surface area contributed by atoms with Crippen LogP contribution in [0.4, 0.5) is 10.6 Å². The molecule has 4 heterocycles. The van der Waals surface area contributed by atoms with Gasteiger partial charge in [-0.15, -0.1) is 0 Å². The molecular weight excluding hydrogens is 404 g/mol. The Morgan fingerprint density at radius 3 is 2.59 bits per heavy atom. The molecule has 1 spiro atoms. The fraction of sp³-hybridized carbons (Fsp3) is 0.520. The Labute approximate surface area is 187 Å². The van der Waals surface area contributed by atoms with Gasteiger partial charge in [0.15, 0.2) is 5.41 Å². The van der Waals surface area contributed by atoms with Crippen LogP contribution in [-0.2, 0) is 16.0 Å². The predicted octanol–water partition coefficient (Wildman–Crippen LogP) is 3.55. The summed E-state index contributed by atoms with van der Waals surface area (Å²) >= 11 is 0. The predicted molar refractivity (Wildman–Crippen MR) is 120 cm³/mol. The first-order valence-corrected chi connectivity index (χ1v) is 11.9. The molecule has 3 aliphatic heterocycles. The van der Waals surface area contributed by atoms with Crippen molar-refractivity contribution in [2.75, 3.05) is 11.4 Å². The quantitative estimate of drug-likeness (QED) is 0.697. The lowest BCUT2D eigenvalue weighted by atomic mass is 9.66. The van der Waals surface area contributed by atoms with Gasteiger partial charge in [0.2, 0.25) is 11.8 Å². The average molecular weight is 433 g/mol. The molecule has 1 aromatic carbocycles. The van der Waals surface area contributed by atoms with E-state index < -0.39 is 17.4 Å². The van der Waals surface area contributed by atoms with Crippen LogP contribution in [0, 0.1) is 5.41 Å². The molecular formula is C25H28N4O3. The molecule has 7 heteroatoms. The molecule has 0 radical (unpaired) electrons. The number of rotatable bonds is 1. The Morgan fingerprint density at radius 2 is 1.75 bits per heavy atom. The number of fused-ring (bicyclic) bond motifs is 5. The zero-order valence-corrected chi connectivity index (χ0v) is 18.2. The summed E-state index contributed by atoms with van der Waals surface area (Å²) in [5, 5.41) is 3.60. The number of piperidine rings is 1. The number of carbonyl (C=O) groups is 3. The zero-order chi connectivity index (χ0) is 21.9. The SMILES string of the molecule is O=C1NC(=O)[C@]2(Cc3cc4ccccc4nc3N3CCCC[C@@H]32)C(=O)N1C1CCCCC1. The van der Waals surface area contributed by atoms with Gasteiger partial charge in [0.05, 0.1) is 11.6 Å². The van der Waals surface area contributed by atoms with Gasteiger partial charge in [-0.2, -0.15) is 0 Å². The normalized spacial score (nSPS) is 28.6. The first-order valence-electron chi connectivity index (χ1n) is 11.9. The highest BCUT2D eigenvalue weighted by Gasteiger charge is 2.63. The molecule has 1 saturated carbocycles. The van der Waals surface area contributed by atoms with Gasteiger partial charge in [-0.1, -0.05) is 37.5 Å². The molecule has 3 fully saturated rings. The van der Waals surface area contributed by atoms with Crippen molar-refractivity contribution in [3.05, 3.63) is 35.9 Å². The Morgan fingerprint density at radius 1 is 0.969 bits per heavy atom. The van der Waals surface area contributed by atoms with E-state index in [2.05, 4.69) is 16.3 Å². The second-order valence-corrected chi connectivity index (χ2v) is 9.74. The number of aromatic nitrogens is 1. The largest absolute Gasteiger partial charge is 0.352 e. The van der Waals surface area contributed by atoms with E-state index >= 15 is 0 Å². The highest BCUT2D eigenvalue weighted by molar-refractivity contribution is 6.20. The number of barbiturate groups is 1. The van der Waals surface area contributed by atoms with Crippen molar-refractivity contribution in [3.63, 3.8) is 0 Å². The number of para-hydroxylation sites is 1. The molecule has 6 rings (SSSR count). The number of imide groups is 2. The standard InChI is InChI=1S/C25H28N4O3/c30-22-25(23(31)29(24(32)27-22)18-9-2-1-3-10-18)15-17-14-16-8-4-5-11-19(16)26-21(17)28-13-7-6-12-20(25)28/h4-5,8,11,14,18,20H,1-3,6-7,9-10,12-13,15H2,(H,27,30,32)/t20-,25-/m1/s1. The Bertz CT molecular complexity index is 1130. The number of anilines is 1. The maximum absolute atomic E-state index is 14.1. The second-order valence-electron chi connectivity index (χ2n) is 9.74. The summed E-state index contributed by atoms with van der Waals surface area (Å²) in [7, 11) is 0. The monoisotopic (exact) mass is 432 g/mol. The van der Waals surface area contributed by atoms with E-state index in [4.69, 9.17) is 4.98 Å². The highest BCUT2D eigenvalue weighted by atomic mass is 16.2. The van der Waals surface area contributed by atoms with Crippen LogP contribution in [0.15, 0.2) is 30.3 Å². The Hall–Kier alpha value is -2.96.